The van der Waals surface area contributed by atoms with Crippen LogP contribution >= 0.6 is 0 Å². The molecule has 0 aliphatic heterocycles. The number of hydrogen-bond donors (Lipinski definition) is 0. The Morgan fingerprint density at radius 3 is 2.54 bits per heavy atom. The van der Waals surface area contributed by atoms with Gasteiger partial charge < -0.3 is 4.74 Å². The van der Waals surface area contributed by atoms with E-state index in [0.29, 0.717) is 6.61 Å². The zero-order valence-electron chi connectivity index (χ0n) is 7.49. The molecule has 0 saturated carbocycles. The summed E-state index contributed by atoms with van der Waals surface area (Å²) >= 11 is 0. The van der Waals surface area contributed by atoms with E-state index >= 15 is 0 Å². The topological polar surface area (TPSA) is 38.7 Å². The van der Waals surface area contributed by atoms with Crippen molar-refractivity contribution in [2.24, 2.45) is 4.99 Å². The van der Waals surface area contributed by atoms with Crippen LogP contribution in [0.5, 0.6) is 0 Å². The van der Waals surface area contributed by atoms with Crippen molar-refractivity contribution in [2.45, 2.75) is 13.5 Å². The minimum Gasteiger partial charge on any atom is -0.461 e. The highest BCUT2D eigenvalue weighted by atomic mass is 16.5. The van der Waals surface area contributed by atoms with Crippen LogP contribution in [0.25, 0.3) is 0 Å². The van der Waals surface area contributed by atoms with Crippen molar-refractivity contribution in [3.63, 3.8) is 0 Å². The summed E-state index contributed by atoms with van der Waals surface area (Å²) < 4.78 is 4.82. The normalized spacial score (nSPS) is 9.31. The fourth-order valence-electron chi connectivity index (χ4n) is 0.883. The maximum absolute atomic E-state index is 10.5. The Bertz CT molecular complexity index is 303. The molecule has 68 valence electrons. The summed E-state index contributed by atoms with van der Waals surface area (Å²) in [7, 11) is 0. The number of benzene rings is 1. The predicted molar refractivity (Wildman–Crippen MR) is 51.1 cm³/mol. The van der Waals surface area contributed by atoms with Gasteiger partial charge in [0.2, 0.25) is 0 Å². The molecule has 0 fully saturated rings. The van der Waals surface area contributed by atoms with Crippen LogP contribution in [-0.4, -0.2) is 12.7 Å². The summed E-state index contributed by atoms with van der Waals surface area (Å²) in [5.41, 5.74) is 1.76. The Kier molecular flexibility index (Phi) is 3.20. The lowest BCUT2D eigenvalue weighted by molar-refractivity contribution is -0.142. The summed E-state index contributed by atoms with van der Waals surface area (Å²) in [6.07, 6.45) is 0. The van der Waals surface area contributed by atoms with Gasteiger partial charge >= 0.3 is 5.97 Å². The van der Waals surface area contributed by atoms with Gasteiger partial charge in [0.1, 0.15) is 6.61 Å². The molecule has 3 heteroatoms. The van der Waals surface area contributed by atoms with Gasteiger partial charge in [-0.05, 0) is 24.4 Å². The van der Waals surface area contributed by atoms with Gasteiger partial charge in [-0.2, -0.15) is 0 Å². The highest BCUT2D eigenvalue weighted by Gasteiger charge is 1.95. The molecule has 0 spiro atoms. The number of aliphatic imine (C=N–C) groups is 1. The number of rotatable bonds is 3. The fourth-order valence-corrected chi connectivity index (χ4v) is 0.883. The second-order valence-electron chi connectivity index (χ2n) is 2.60. The zero-order chi connectivity index (χ0) is 9.68. The minimum atomic E-state index is -0.272. The SMILES string of the molecule is C=Nc1ccc(COC(C)=O)cc1. The lowest BCUT2D eigenvalue weighted by atomic mass is 10.2. The van der Waals surface area contributed by atoms with Gasteiger partial charge in [0, 0.05) is 6.92 Å². The van der Waals surface area contributed by atoms with E-state index in [0.717, 1.165) is 11.3 Å². The molecule has 0 atom stereocenters. The first kappa shape index (κ1) is 9.45. The van der Waals surface area contributed by atoms with Crippen LogP contribution in [0.1, 0.15) is 12.5 Å². The fraction of sp³-hybridized carbons (Fsp3) is 0.200. The van der Waals surface area contributed by atoms with Crippen LogP contribution in [0.4, 0.5) is 5.69 Å². The zero-order valence-corrected chi connectivity index (χ0v) is 7.49. The molecule has 0 aliphatic rings. The molecule has 0 aliphatic carbocycles. The van der Waals surface area contributed by atoms with Crippen molar-refractivity contribution in [3.05, 3.63) is 29.8 Å². The van der Waals surface area contributed by atoms with E-state index in [1.54, 1.807) is 0 Å². The Balaban J connectivity index is 2.59. The molecule has 0 bridgehead atoms. The molecule has 0 amide bonds. The second kappa shape index (κ2) is 4.40. The van der Waals surface area contributed by atoms with Crippen molar-refractivity contribution in [2.75, 3.05) is 0 Å². The summed E-state index contributed by atoms with van der Waals surface area (Å²) in [6.45, 7) is 5.10. The molecule has 0 radical (unpaired) electrons. The van der Waals surface area contributed by atoms with Gasteiger partial charge in [-0.1, -0.05) is 12.1 Å². The van der Waals surface area contributed by atoms with Crippen LogP contribution in [0, 0.1) is 0 Å². The van der Waals surface area contributed by atoms with E-state index in [1.165, 1.54) is 6.92 Å². The van der Waals surface area contributed by atoms with Crippen LogP contribution in [0.2, 0.25) is 0 Å². The third-order valence-electron chi connectivity index (χ3n) is 1.56. The molecular weight excluding hydrogens is 166 g/mol. The van der Waals surface area contributed by atoms with E-state index in [1.807, 2.05) is 24.3 Å². The molecule has 1 aromatic rings. The number of hydrogen-bond acceptors (Lipinski definition) is 3. The number of carbonyl (C=O) groups excluding carboxylic acids is 1. The average Bonchev–Trinajstić information content (AvgIpc) is 2.15. The van der Waals surface area contributed by atoms with Gasteiger partial charge in [-0.15, -0.1) is 0 Å². The third kappa shape index (κ3) is 3.07. The maximum Gasteiger partial charge on any atom is 0.302 e. The molecule has 1 aromatic carbocycles. The quantitative estimate of drug-likeness (QED) is 0.523. The summed E-state index contributed by atoms with van der Waals surface area (Å²) in [6, 6.07) is 7.36. The molecule has 0 heterocycles. The molecular formula is C10H11NO2. The molecule has 0 N–H and O–H groups in total. The first-order valence-corrected chi connectivity index (χ1v) is 3.91. The largest absolute Gasteiger partial charge is 0.461 e. The van der Waals surface area contributed by atoms with Gasteiger partial charge in [0.05, 0.1) is 5.69 Å². The van der Waals surface area contributed by atoms with Crippen molar-refractivity contribution in [1.82, 2.24) is 0 Å². The van der Waals surface area contributed by atoms with Crippen LogP contribution < -0.4 is 0 Å². The Labute approximate surface area is 77.1 Å². The van der Waals surface area contributed by atoms with E-state index in [2.05, 4.69) is 11.7 Å². The molecule has 1 rings (SSSR count). The van der Waals surface area contributed by atoms with Gasteiger partial charge in [-0.25, -0.2) is 0 Å². The number of ether oxygens (including phenoxy) is 1. The molecule has 0 saturated heterocycles. The van der Waals surface area contributed by atoms with E-state index in [-0.39, 0.29) is 5.97 Å². The number of nitrogens with zero attached hydrogens (tertiary/aromatic N) is 1. The van der Waals surface area contributed by atoms with E-state index in [9.17, 15) is 4.79 Å². The highest BCUT2D eigenvalue weighted by molar-refractivity contribution is 5.65. The van der Waals surface area contributed by atoms with E-state index < -0.39 is 0 Å². The lowest BCUT2D eigenvalue weighted by Gasteiger charge is -2.01. The Morgan fingerprint density at radius 1 is 1.46 bits per heavy atom. The van der Waals surface area contributed by atoms with Crippen LogP contribution in [0.15, 0.2) is 29.3 Å². The summed E-state index contributed by atoms with van der Waals surface area (Å²) in [4.78, 5) is 14.2. The lowest BCUT2D eigenvalue weighted by Crippen LogP contribution is -1.98. The number of carbonyl (C=O) groups is 1. The van der Waals surface area contributed by atoms with Crippen LogP contribution in [-0.2, 0) is 16.1 Å². The monoisotopic (exact) mass is 177 g/mol. The Morgan fingerprint density at radius 2 is 2.08 bits per heavy atom. The highest BCUT2D eigenvalue weighted by Crippen LogP contribution is 2.12. The first-order valence-electron chi connectivity index (χ1n) is 3.91. The standard InChI is InChI=1S/C10H11NO2/c1-8(12)13-7-9-3-5-10(11-2)6-4-9/h3-6H,2,7H2,1H3. The maximum atomic E-state index is 10.5. The molecule has 0 aromatic heterocycles. The van der Waals surface area contributed by atoms with Gasteiger partial charge in [0.15, 0.2) is 0 Å². The van der Waals surface area contributed by atoms with Gasteiger partial charge in [0.25, 0.3) is 0 Å². The average molecular weight is 177 g/mol. The van der Waals surface area contributed by atoms with E-state index in [4.69, 9.17) is 4.74 Å². The third-order valence-corrected chi connectivity index (χ3v) is 1.56. The predicted octanol–water partition coefficient (Wildman–Crippen LogP) is 2.08. The van der Waals surface area contributed by atoms with Crippen molar-refractivity contribution in [3.8, 4) is 0 Å². The number of esters is 1. The minimum absolute atomic E-state index is 0.272. The summed E-state index contributed by atoms with van der Waals surface area (Å²) in [5, 5.41) is 0. The first-order chi connectivity index (χ1) is 6.22. The second-order valence-corrected chi connectivity index (χ2v) is 2.60. The van der Waals surface area contributed by atoms with Crippen LogP contribution in [0.3, 0.4) is 0 Å². The summed E-state index contributed by atoms with van der Waals surface area (Å²) in [5.74, 6) is -0.272. The van der Waals surface area contributed by atoms with Crippen molar-refractivity contribution >= 4 is 18.4 Å². The molecule has 3 nitrogen and oxygen atoms in total. The Hall–Kier alpha value is -1.64. The molecule has 13 heavy (non-hydrogen) atoms. The van der Waals surface area contributed by atoms with Gasteiger partial charge in [-0.3, -0.25) is 9.79 Å². The van der Waals surface area contributed by atoms with Crippen molar-refractivity contribution in [1.29, 1.82) is 0 Å². The molecule has 0 unspecified atom stereocenters. The smallest absolute Gasteiger partial charge is 0.302 e. The van der Waals surface area contributed by atoms with Crippen molar-refractivity contribution < 1.29 is 9.53 Å².